The van der Waals surface area contributed by atoms with Gasteiger partial charge in [-0.15, -0.1) is 0 Å². The molecule has 0 saturated carbocycles. The molecule has 0 unspecified atom stereocenters. The van der Waals surface area contributed by atoms with Crippen LogP contribution in [0.25, 0.3) is 16.6 Å². The lowest BCUT2D eigenvalue weighted by molar-refractivity contribution is -0.137. The first-order chi connectivity index (χ1) is 14.1. The Hall–Kier alpha value is -2.93. The molecule has 29 heavy (non-hydrogen) atoms. The molecule has 1 aliphatic rings. The van der Waals surface area contributed by atoms with Crippen LogP contribution in [0.5, 0.6) is 0 Å². The largest absolute Gasteiger partial charge is 0.282 e. The molecule has 2 heterocycles. The van der Waals surface area contributed by atoms with E-state index in [4.69, 9.17) is 4.98 Å². The van der Waals surface area contributed by atoms with Crippen LogP contribution >= 0.6 is 11.8 Å². The maximum atomic E-state index is 13.3. The second-order valence-electron chi connectivity index (χ2n) is 6.82. The van der Waals surface area contributed by atoms with E-state index < -0.39 is 0 Å². The molecule has 7 heteroatoms. The fourth-order valence-electron chi connectivity index (χ4n) is 3.55. The molecule has 1 fully saturated rings. The van der Waals surface area contributed by atoms with Crippen molar-refractivity contribution in [3.8, 4) is 5.69 Å². The van der Waals surface area contributed by atoms with E-state index in [0.29, 0.717) is 28.4 Å². The Kier molecular flexibility index (Phi) is 5.49. The molecule has 6 nitrogen and oxygen atoms in total. The highest BCUT2D eigenvalue weighted by atomic mass is 32.2. The Morgan fingerprint density at radius 3 is 2.41 bits per heavy atom. The topological polar surface area (TPSA) is 72.3 Å². The van der Waals surface area contributed by atoms with Gasteiger partial charge in [0.25, 0.3) is 5.56 Å². The van der Waals surface area contributed by atoms with Gasteiger partial charge in [-0.3, -0.25) is 23.9 Å². The smallest absolute Gasteiger partial charge is 0.266 e. The number of benzene rings is 2. The molecular weight excluding hydrogens is 386 g/mol. The monoisotopic (exact) mass is 407 g/mol. The number of fused-ring (bicyclic) bond motifs is 1. The van der Waals surface area contributed by atoms with Crippen LogP contribution < -0.4 is 5.56 Å². The summed E-state index contributed by atoms with van der Waals surface area (Å²) in [5.74, 6) is 0.225. The summed E-state index contributed by atoms with van der Waals surface area (Å²) in [6.07, 6.45) is 1.36. The third-order valence-electron chi connectivity index (χ3n) is 5.06. The van der Waals surface area contributed by atoms with Crippen molar-refractivity contribution in [3.63, 3.8) is 0 Å². The van der Waals surface area contributed by atoms with Crippen molar-refractivity contribution in [2.45, 2.75) is 31.3 Å². The number of aryl methyl sites for hydroxylation is 1. The molecule has 148 valence electrons. The lowest BCUT2D eigenvalue weighted by Crippen LogP contribution is -2.31. The second kappa shape index (κ2) is 8.21. The summed E-state index contributed by atoms with van der Waals surface area (Å²) >= 11 is 1.39. The zero-order valence-corrected chi connectivity index (χ0v) is 16.9. The standard InChI is InChI=1S/C22H21N3O3S/c1-2-15-7-3-6-10-18(15)25-21(28)16-8-4-5-9-17(16)23-22(25)29-14-13-24-19(26)11-12-20(24)27/h3-10H,2,11-14H2,1H3. The van der Waals surface area contributed by atoms with Crippen molar-refractivity contribution < 1.29 is 9.59 Å². The minimum Gasteiger partial charge on any atom is -0.282 e. The molecule has 0 spiro atoms. The molecule has 4 rings (SSSR count). The number of amides is 2. The van der Waals surface area contributed by atoms with E-state index >= 15 is 0 Å². The van der Waals surface area contributed by atoms with Gasteiger partial charge in [0.2, 0.25) is 11.8 Å². The molecule has 0 aliphatic carbocycles. The fourth-order valence-corrected chi connectivity index (χ4v) is 4.48. The Bertz CT molecular complexity index is 1140. The van der Waals surface area contributed by atoms with Crippen LogP contribution in [0.3, 0.4) is 0 Å². The van der Waals surface area contributed by atoms with Gasteiger partial charge in [0.15, 0.2) is 5.16 Å². The van der Waals surface area contributed by atoms with Crippen molar-refractivity contribution in [2.24, 2.45) is 0 Å². The molecule has 0 radical (unpaired) electrons. The maximum absolute atomic E-state index is 13.3. The fraction of sp³-hybridized carbons (Fsp3) is 0.273. The lowest BCUT2D eigenvalue weighted by Gasteiger charge is -2.17. The summed E-state index contributed by atoms with van der Waals surface area (Å²) in [5.41, 5.74) is 2.39. The van der Waals surface area contributed by atoms with Crippen LogP contribution in [0.1, 0.15) is 25.3 Å². The Morgan fingerprint density at radius 2 is 1.66 bits per heavy atom. The predicted octanol–water partition coefficient (Wildman–Crippen LogP) is 3.19. The van der Waals surface area contributed by atoms with Gasteiger partial charge in [-0.05, 0) is 30.2 Å². The highest BCUT2D eigenvalue weighted by molar-refractivity contribution is 7.99. The van der Waals surface area contributed by atoms with E-state index in [2.05, 4.69) is 6.92 Å². The van der Waals surface area contributed by atoms with E-state index in [-0.39, 0.29) is 30.2 Å². The SMILES string of the molecule is CCc1ccccc1-n1c(SCCN2C(=O)CCC2=O)nc2ccccc2c1=O. The number of carbonyl (C=O) groups is 2. The number of nitrogens with zero attached hydrogens (tertiary/aromatic N) is 3. The van der Waals surface area contributed by atoms with Crippen LogP contribution in [0.15, 0.2) is 58.5 Å². The Morgan fingerprint density at radius 1 is 0.966 bits per heavy atom. The second-order valence-corrected chi connectivity index (χ2v) is 7.88. The molecule has 2 amide bonds. The van der Waals surface area contributed by atoms with E-state index in [1.54, 1.807) is 10.6 Å². The quantitative estimate of drug-likeness (QED) is 0.356. The highest BCUT2D eigenvalue weighted by Crippen LogP contribution is 2.24. The molecule has 0 N–H and O–H groups in total. The predicted molar refractivity (Wildman–Crippen MR) is 113 cm³/mol. The van der Waals surface area contributed by atoms with Gasteiger partial charge in [0.05, 0.1) is 16.6 Å². The molecule has 3 aromatic rings. The van der Waals surface area contributed by atoms with E-state index in [0.717, 1.165) is 17.7 Å². The molecule has 0 bridgehead atoms. The number of rotatable bonds is 6. The number of carbonyl (C=O) groups excluding carboxylic acids is 2. The van der Waals surface area contributed by atoms with Gasteiger partial charge in [-0.1, -0.05) is 49.0 Å². The first-order valence-electron chi connectivity index (χ1n) is 9.66. The summed E-state index contributed by atoms with van der Waals surface area (Å²) in [5, 5.41) is 1.13. The van der Waals surface area contributed by atoms with Crippen LogP contribution in [-0.4, -0.2) is 38.6 Å². The van der Waals surface area contributed by atoms with Gasteiger partial charge in [-0.2, -0.15) is 0 Å². The molecule has 1 aromatic heterocycles. The first kappa shape index (κ1) is 19.4. The zero-order valence-electron chi connectivity index (χ0n) is 16.1. The molecule has 1 aliphatic heterocycles. The summed E-state index contributed by atoms with van der Waals surface area (Å²) in [4.78, 5) is 43.1. The molecular formula is C22H21N3O3S. The number of para-hydroxylation sites is 2. The van der Waals surface area contributed by atoms with Crippen molar-refractivity contribution in [3.05, 3.63) is 64.4 Å². The van der Waals surface area contributed by atoms with E-state index in [9.17, 15) is 14.4 Å². The lowest BCUT2D eigenvalue weighted by atomic mass is 10.1. The van der Waals surface area contributed by atoms with E-state index in [1.165, 1.54) is 16.7 Å². The van der Waals surface area contributed by atoms with Gasteiger partial charge >= 0.3 is 0 Å². The first-order valence-corrected chi connectivity index (χ1v) is 10.6. The third-order valence-corrected chi connectivity index (χ3v) is 5.98. The summed E-state index contributed by atoms with van der Waals surface area (Å²) in [6, 6.07) is 15.1. The van der Waals surface area contributed by atoms with Crippen LogP contribution in [0.4, 0.5) is 0 Å². The summed E-state index contributed by atoms with van der Waals surface area (Å²) in [6.45, 7) is 2.37. The van der Waals surface area contributed by atoms with Crippen molar-refractivity contribution >= 4 is 34.5 Å². The minimum atomic E-state index is -0.129. The maximum Gasteiger partial charge on any atom is 0.266 e. The summed E-state index contributed by atoms with van der Waals surface area (Å²) < 4.78 is 1.65. The van der Waals surface area contributed by atoms with Crippen molar-refractivity contribution in [1.29, 1.82) is 0 Å². The van der Waals surface area contributed by atoms with Gasteiger partial charge in [-0.25, -0.2) is 4.98 Å². The van der Waals surface area contributed by atoms with Crippen LogP contribution in [-0.2, 0) is 16.0 Å². The Balaban J connectivity index is 1.75. The van der Waals surface area contributed by atoms with Crippen molar-refractivity contribution in [2.75, 3.05) is 12.3 Å². The number of imide groups is 1. The summed E-state index contributed by atoms with van der Waals surface area (Å²) in [7, 11) is 0. The van der Waals surface area contributed by atoms with Gasteiger partial charge in [0.1, 0.15) is 0 Å². The number of likely N-dealkylation sites (tertiary alicyclic amines) is 1. The van der Waals surface area contributed by atoms with Crippen LogP contribution in [0, 0.1) is 0 Å². The third kappa shape index (κ3) is 3.70. The molecule has 0 atom stereocenters. The number of hydrogen-bond donors (Lipinski definition) is 0. The number of aromatic nitrogens is 2. The Labute approximate surface area is 172 Å². The average Bonchev–Trinajstić information content (AvgIpc) is 3.06. The molecule has 1 saturated heterocycles. The van der Waals surface area contributed by atoms with Crippen molar-refractivity contribution in [1.82, 2.24) is 14.5 Å². The average molecular weight is 407 g/mol. The molecule has 2 aromatic carbocycles. The van der Waals surface area contributed by atoms with Gasteiger partial charge in [0, 0.05) is 25.1 Å². The van der Waals surface area contributed by atoms with E-state index in [1.807, 2.05) is 42.5 Å². The highest BCUT2D eigenvalue weighted by Gasteiger charge is 2.28. The minimum absolute atomic E-state index is 0.118. The normalized spacial score (nSPS) is 14.2. The van der Waals surface area contributed by atoms with Crippen LogP contribution in [0.2, 0.25) is 0 Å². The number of thioether (sulfide) groups is 1. The number of hydrogen-bond acceptors (Lipinski definition) is 5. The van der Waals surface area contributed by atoms with Gasteiger partial charge < -0.3 is 0 Å². The zero-order chi connectivity index (χ0) is 20.4.